The smallest absolute Gasteiger partial charge is 0.336 e. The van der Waals surface area contributed by atoms with Crippen LogP contribution in [0.2, 0.25) is 0 Å². The summed E-state index contributed by atoms with van der Waals surface area (Å²) in [6.45, 7) is 8.22. The summed E-state index contributed by atoms with van der Waals surface area (Å²) in [4.78, 5) is 16.0. The fraction of sp³-hybridized carbons (Fsp3) is 0.375. The molecule has 0 aliphatic heterocycles. The van der Waals surface area contributed by atoms with Gasteiger partial charge in [-0.25, -0.2) is 4.79 Å². The van der Waals surface area contributed by atoms with Crippen LogP contribution in [0.15, 0.2) is 24.3 Å². The molecule has 0 amide bonds. The van der Waals surface area contributed by atoms with Crippen molar-refractivity contribution in [1.82, 2.24) is 4.98 Å². The molecule has 0 saturated heterocycles. The van der Waals surface area contributed by atoms with Gasteiger partial charge in [-0.3, -0.25) is 4.98 Å². The Bertz CT molecular complexity index is 630. The average molecular weight is 257 g/mol. The van der Waals surface area contributed by atoms with E-state index in [0.29, 0.717) is 11.5 Å². The molecule has 1 N–H and O–H groups in total. The first-order chi connectivity index (χ1) is 8.90. The van der Waals surface area contributed by atoms with E-state index in [1.54, 1.807) is 6.07 Å². The van der Waals surface area contributed by atoms with Crippen LogP contribution in [0, 0.1) is 0 Å². The van der Waals surface area contributed by atoms with Gasteiger partial charge in [0, 0.05) is 11.1 Å². The number of rotatable bonds is 3. The third kappa shape index (κ3) is 2.60. The molecule has 1 heterocycles. The lowest BCUT2D eigenvalue weighted by Crippen LogP contribution is -2.03. The van der Waals surface area contributed by atoms with Crippen LogP contribution in [0.5, 0.6) is 0 Å². The lowest BCUT2D eigenvalue weighted by atomic mass is 9.97. The second-order valence-corrected chi connectivity index (χ2v) is 5.49. The van der Waals surface area contributed by atoms with Gasteiger partial charge in [0.2, 0.25) is 0 Å². The number of benzene rings is 1. The second-order valence-electron chi connectivity index (χ2n) is 5.49. The van der Waals surface area contributed by atoms with Gasteiger partial charge in [-0.15, -0.1) is 0 Å². The summed E-state index contributed by atoms with van der Waals surface area (Å²) < 4.78 is 0. The number of carbonyl (C=O) groups is 1. The second kappa shape index (κ2) is 5.00. The molecule has 0 aliphatic rings. The van der Waals surface area contributed by atoms with Gasteiger partial charge in [-0.05, 0) is 35.6 Å². The Kier molecular flexibility index (Phi) is 3.56. The lowest BCUT2D eigenvalue weighted by Gasteiger charge is -2.12. The quantitative estimate of drug-likeness (QED) is 0.897. The Morgan fingerprint density at radius 2 is 1.79 bits per heavy atom. The molecule has 0 radical (unpaired) electrons. The number of pyridine rings is 1. The Morgan fingerprint density at radius 3 is 2.32 bits per heavy atom. The average Bonchev–Trinajstić information content (AvgIpc) is 2.36. The Morgan fingerprint density at radius 1 is 1.11 bits per heavy atom. The maximum Gasteiger partial charge on any atom is 0.336 e. The molecule has 100 valence electrons. The highest BCUT2D eigenvalue weighted by molar-refractivity contribution is 6.02. The number of aromatic carboxylic acids is 1. The number of hydrogen-bond acceptors (Lipinski definition) is 2. The van der Waals surface area contributed by atoms with E-state index in [2.05, 4.69) is 18.8 Å². The van der Waals surface area contributed by atoms with Crippen molar-refractivity contribution in [2.45, 2.75) is 39.5 Å². The maximum atomic E-state index is 11.4. The van der Waals surface area contributed by atoms with Crippen molar-refractivity contribution in [1.29, 1.82) is 0 Å². The van der Waals surface area contributed by atoms with Crippen LogP contribution in [0.4, 0.5) is 0 Å². The predicted octanol–water partition coefficient (Wildman–Crippen LogP) is 4.18. The van der Waals surface area contributed by atoms with Crippen molar-refractivity contribution in [3.05, 3.63) is 41.1 Å². The zero-order chi connectivity index (χ0) is 14.2. The molecule has 0 bridgehead atoms. The largest absolute Gasteiger partial charge is 0.478 e. The van der Waals surface area contributed by atoms with Gasteiger partial charge in [-0.2, -0.15) is 0 Å². The van der Waals surface area contributed by atoms with Crippen LogP contribution < -0.4 is 0 Å². The fourth-order valence-corrected chi connectivity index (χ4v) is 2.10. The Hall–Kier alpha value is -1.90. The molecule has 2 aromatic rings. The third-order valence-electron chi connectivity index (χ3n) is 3.34. The van der Waals surface area contributed by atoms with Crippen LogP contribution >= 0.6 is 0 Å². The molecule has 0 fully saturated rings. The highest BCUT2D eigenvalue weighted by Gasteiger charge is 2.14. The molecule has 2 rings (SSSR count). The molecule has 3 heteroatoms. The molecule has 0 spiro atoms. The monoisotopic (exact) mass is 257 g/mol. The zero-order valence-corrected chi connectivity index (χ0v) is 11.8. The number of hydrogen-bond donors (Lipinski definition) is 1. The van der Waals surface area contributed by atoms with Gasteiger partial charge in [-0.1, -0.05) is 33.8 Å². The predicted molar refractivity (Wildman–Crippen MR) is 76.9 cm³/mol. The van der Waals surface area contributed by atoms with E-state index >= 15 is 0 Å². The van der Waals surface area contributed by atoms with Crippen LogP contribution in [-0.4, -0.2) is 16.1 Å². The van der Waals surface area contributed by atoms with E-state index in [9.17, 15) is 9.90 Å². The van der Waals surface area contributed by atoms with Gasteiger partial charge in [0.25, 0.3) is 0 Å². The number of carboxylic acids is 1. The maximum absolute atomic E-state index is 11.4. The summed E-state index contributed by atoms with van der Waals surface area (Å²) in [6, 6.07) is 7.58. The van der Waals surface area contributed by atoms with Crippen LogP contribution in [0.25, 0.3) is 10.9 Å². The zero-order valence-electron chi connectivity index (χ0n) is 11.8. The lowest BCUT2D eigenvalue weighted by molar-refractivity contribution is 0.0699. The number of fused-ring (bicyclic) bond motifs is 1. The van der Waals surface area contributed by atoms with Crippen molar-refractivity contribution in [3.8, 4) is 0 Å². The van der Waals surface area contributed by atoms with Crippen LogP contribution in [-0.2, 0) is 0 Å². The standard InChI is InChI=1S/C16H19NO2/c1-9(2)11-5-6-14-12(7-11)13(16(18)19)8-15(17-14)10(3)4/h5-10H,1-4H3,(H,18,19). The number of carboxylic acid groups (broad SMARTS) is 1. The van der Waals surface area contributed by atoms with Crippen molar-refractivity contribution in [2.75, 3.05) is 0 Å². The minimum atomic E-state index is -0.893. The SMILES string of the molecule is CC(C)c1ccc2nc(C(C)C)cc(C(=O)O)c2c1. The third-order valence-corrected chi connectivity index (χ3v) is 3.34. The van der Waals surface area contributed by atoms with Crippen molar-refractivity contribution in [3.63, 3.8) is 0 Å². The van der Waals surface area contributed by atoms with Crippen molar-refractivity contribution in [2.24, 2.45) is 0 Å². The molecular formula is C16H19NO2. The fourth-order valence-electron chi connectivity index (χ4n) is 2.10. The van der Waals surface area contributed by atoms with E-state index in [0.717, 1.165) is 22.2 Å². The minimum Gasteiger partial charge on any atom is -0.478 e. The molecule has 1 aromatic carbocycles. The van der Waals surface area contributed by atoms with Crippen LogP contribution in [0.3, 0.4) is 0 Å². The first-order valence-electron chi connectivity index (χ1n) is 6.58. The number of nitrogens with zero attached hydrogens (tertiary/aromatic N) is 1. The van der Waals surface area contributed by atoms with Gasteiger partial charge >= 0.3 is 5.97 Å². The van der Waals surface area contributed by atoms with E-state index < -0.39 is 5.97 Å². The van der Waals surface area contributed by atoms with Crippen LogP contribution in [0.1, 0.15) is 61.1 Å². The molecule has 3 nitrogen and oxygen atoms in total. The molecule has 0 atom stereocenters. The van der Waals surface area contributed by atoms with Gasteiger partial charge < -0.3 is 5.11 Å². The number of aromatic nitrogens is 1. The van der Waals surface area contributed by atoms with Crippen molar-refractivity contribution >= 4 is 16.9 Å². The highest BCUT2D eigenvalue weighted by Crippen LogP contribution is 2.26. The van der Waals surface area contributed by atoms with E-state index in [-0.39, 0.29) is 5.92 Å². The van der Waals surface area contributed by atoms with Gasteiger partial charge in [0.15, 0.2) is 0 Å². The topological polar surface area (TPSA) is 50.2 Å². The van der Waals surface area contributed by atoms with E-state index in [1.165, 1.54) is 0 Å². The van der Waals surface area contributed by atoms with Crippen molar-refractivity contribution < 1.29 is 9.90 Å². The summed E-state index contributed by atoms with van der Waals surface area (Å²) in [6.07, 6.45) is 0. The van der Waals surface area contributed by atoms with Gasteiger partial charge in [0.05, 0.1) is 11.1 Å². The first kappa shape index (κ1) is 13.5. The van der Waals surface area contributed by atoms with E-state index in [4.69, 9.17) is 0 Å². The first-order valence-corrected chi connectivity index (χ1v) is 6.58. The Balaban J connectivity index is 2.76. The molecule has 0 aliphatic carbocycles. The molecule has 0 unspecified atom stereocenters. The molecule has 19 heavy (non-hydrogen) atoms. The summed E-state index contributed by atoms with van der Waals surface area (Å²) in [5.74, 6) is -0.307. The summed E-state index contributed by atoms with van der Waals surface area (Å²) in [5, 5.41) is 10.1. The Labute approximate surface area is 113 Å². The van der Waals surface area contributed by atoms with E-state index in [1.807, 2.05) is 32.0 Å². The summed E-state index contributed by atoms with van der Waals surface area (Å²) >= 11 is 0. The normalized spacial score (nSPS) is 11.5. The highest BCUT2D eigenvalue weighted by atomic mass is 16.4. The van der Waals surface area contributed by atoms with Gasteiger partial charge in [0.1, 0.15) is 0 Å². The minimum absolute atomic E-state index is 0.215. The summed E-state index contributed by atoms with van der Waals surface area (Å²) in [7, 11) is 0. The molecular weight excluding hydrogens is 238 g/mol. The molecule has 1 aromatic heterocycles. The molecule has 0 saturated carbocycles. The summed E-state index contributed by atoms with van der Waals surface area (Å²) in [5.41, 5.74) is 3.06.